The van der Waals surface area contributed by atoms with Crippen molar-refractivity contribution in [2.24, 2.45) is 0 Å². The first-order valence-electron chi connectivity index (χ1n) is 7.86. The molecule has 2 rings (SSSR count). The smallest absolute Gasteiger partial charge is 0.350 e. The van der Waals surface area contributed by atoms with Crippen molar-refractivity contribution in [2.75, 3.05) is 6.61 Å². The molecule has 134 valence electrons. The van der Waals surface area contributed by atoms with Crippen LogP contribution in [-0.2, 0) is 16.1 Å². The molecule has 0 saturated carbocycles. The van der Waals surface area contributed by atoms with Gasteiger partial charge < -0.3 is 10.2 Å². The number of carbonyl (C=O) groups is 2. The Balaban J connectivity index is 2.28. The van der Waals surface area contributed by atoms with Crippen LogP contribution in [0, 0.1) is 11.3 Å². The molecule has 9 nitrogen and oxygen atoms in total. The zero-order chi connectivity index (χ0) is 19.1. The van der Waals surface area contributed by atoms with Crippen LogP contribution < -0.4 is 16.4 Å². The summed E-state index contributed by atoms with van der Waals surface area (Å²) in [5.41, 5.74) is 4.15. The summed E-state index contributed by atoms with van der Waals surface area (Å²) in [6, 6.07) is 8.29. The maximum absolute atomic E-state index is 12.4. The average Bonchev–Trinajstić information content (AvgIpc) is 2.65. The molecule has 0 bridgehead atoms. The first-order valence-corrected chi connectivity index (χ1v) is 7.86. The van der Waals surface area contributed by atoms with Crippen LogP contribution in [0.2, 0.25) is 0 Å². The van der Waals surface area contributed by atoms with Crippen LogP contribution in [0.4, 0.5) is 0 Å². The number of amides is 1. The van der Waals surface area contributed by atoms with Crippen LogP contribution in [0.1, 0.15) is 24.3 Å². The zero-order valence-electron chi connectivity index (χ0n) is 14.3. The molecule has 2 aromatic rings. The van der Waals surface area contributed by atoms with Crippen LogP contribution in [0.15, 0.2) is 40.8 Å². The monoisotopic (exact) mass is 355 g/mol. The molecule has 0 aliphatic carbocycles. The maximum atomic E-state index is 12.4. The lowest BCUT2D eigenvalue weighted by Crippen LogP contribution is -2.36. The van der Waals surface area contributed by atoms with Gasteiger partial charge in [0.15, 0.2) is 11.3 Å². The third kappa shape index (κ3) is 3.87. The number of benzene rings is 1. The van der Waals surface area contributed by atoms with Gasteiger partial charge >= 0.3 is 5.97 Å². The van der Waals surface area contributed by atoms with Crippen molar-refractivity contribution in [2.45, 2.75) is 20.4 Å². The Morgan fingerprint density at radius 3 is 2.62 bits per heavy atom. The van der Waals surface area contributed by atoms with Crippen LogP contribution in [-0.4, -0.2) is 28.3 Å². The molecule has 0 fully saturated rings. The van der Waals surface area contributed by atoms with Crippen molar-refractivity contribution >= 4 is 22.6 Å². The summed E-state index contributed by atoms with van der Waals surface area (Å²) < 4.78 is 5.89. The molecule has 2 N–H and O–H groups in total. The van der Waals surface area contributed by atoms with Crippen molar-refractivity contribution in [3.8, 4) is 6.07 Å². The number of rotatable bonds is 6. The lowest BCUT2D eigenvalue weighted by atomic mass is 10.1. The number of aryl methyl sites for hydroxylation is 1. The van der Waals surface area contributed by atoms with E-state index in [4.69, 9.17) is 10.00 Å². The molecule has 9 heteroatoms. The maximum Gasteiger partial charge on any atom is 0.350 e. The molecule has 0 radical (unpaired) electrons. The highest BCUT2D eigenvalue weighted by Gasteiger charge is 2.16. The Labute approximate surface area is 148 Å². The molecule has 1 amide bonds. The summed E-state index contributed by atoms with van der Waals surface area (Å²) in [4.78, 5) is 36.2. The SMILES string of the molecule is CCOC(=O)/C(C#N)=C/NNC(=O)c1nn(CC)c(=O)c2ccccc12. The standard InChI is InChI=1S/C17H17N5O4/c1-3-22-16(24)13-8-6-5-7-12(13)14(21-22)15(23)20-19-10-11(9-18)17(25)26-4-2/h5-8,10,19H,3-4H2,1-2H3,(H,20,23)/b11-10+. The summed E-state index contributed by atoms with van der Waals surface area (Å²) in [6.45, 7) is 3.78. The number of hydrogen-bond acceptors (Lipinski definition) is 7. The van der Waals surface area contributed by atoms with Crippen LogP contribution in [0.25, 0.3) is 10.8 Å². The molecule has 0 aliphatic rings. The molecular formula is C17H17N5O4. The summed E-state index contributed by atoms with van der Waals surface area (Å²) in [6.07, 6.45) is 1.02. The molecule has 1 aromatic carbocycles. The van der Waals surface area contributed by atoms with E-state index in [1.54, 1.807) is 44.2 Å². The number of hydrogen-bond donors (Lipinski definition) is 2. The Morgan fingerprint density at radius 1 is 1.31 bits per heavy atom. The van der Waals surface area contributed by atoms with Gasteiger partial charge in [0.25, 0.3) is 11.5 Å². The number of carbonyl (C=O) groups excluding carboxylic acids is 2. The number of ether oxygens (including phenoxy) is 1. The Kier molecular flexibility index (Phi) is 6.06. The van der Waals surface area contributed by atoms with Gasteiger partial charge in [-0.05, 0) is 19.9 Å². The number of fused-ring (bicyclic) bond motifs is 1. The fourth-order valence-corrected chi connectivity index (χ4v) is 2.20. The molecule has 0 unspecified atom stereocenters. The van der Waals surface area contributed by atoms with Crippen LogP contribution in [0.5, 0.6) is 0 Å². The Bertz CT molecular complexity index is 971. The van der Waals surface area contributed by atoms with Crippen LogP contribution >= 0.6 is 0 Å². The predicted octanol–water partition coefficient (Wildman–Crippen LogP) is 0.621. The first-order chi connectivity index (χ1) is 12.5. The lowest BCUT2D eigenvalue weighted by Gasteiger charge is -2.10. The lowest BCUT2D eigenvalue weighted by molar-refractivity contribution is -0.138. The second kappa shape index (κ2) is 8.43. The largest absolute Gasteiger partial charge is 0.462 e. The quantitative estimate of drug-likeness (QED) is 0.337. The third-order valence-corrected chi connectivity index (χ3v) is 3.40. The second-order valence-corrected chi connectivity index (χ2v) is 5.00. The predicted molar refractivity (Wildman–Crippen MR) is 92.6 cm³/mol. The minimum Gasteiger partial charge on any atom is -0.462 e. The minimum atomic E-state index is -0.806. The zero-order valence-corrected chi connectivity index (χ0v) is 14.3. The van der Waals surface area contributed by atoms with E-state index in [9.17, 15) is 14.4 Å². The summed E-state index contributed by atoms with van der Waals surface area (Å²) >= 11 is 0. The van der Waals surface area contributed by atoms with Crippen molar-refractivity contribution in [1.29, 1.82) is 5.26 Å². The summed E-state index contributed by atoms with van der Waals surface area (Å²) in [7, 11) is 0. The van der Waals surface area contributed by atoms with E-state index in [1.165, 1.54) is 4.68 Å². The number of aromatic nitrogens is 2. The third-order valence-electron chi connectivity index (χ3n) is 3.40. The molecule has 0 aliphatic heterocycles. The Morgan fingerprint density at radius 2 is 2.00 bits per heavy atom. The van der Waals surface area contributed by atoms with E-state index in [0.29, 0.717) is 17.3 Å². The molecule has 0 saturated heterocycles. The number of esters is 1. The molecule has 26 heavy (non-hydrogen) atoms. The summed E-state index contributed by atoms with van der Waals surface area (Å²) in [5.74, 6) is -1.43. The second-order valence-electron chi connectivity index (χ2n) is 5.00. The summed E-state index contributed by atoms with van der Waals surface area (Å²) in [5, 5.41) is 13.8. The number of nitrogens with one attached hydrogen (secondary N) is 2. The fourth-order valence-electron chi connectivity index (χ4n) is 2.20. The molecule has 1 aromatic heterocycles. The molecular weight excluding hydrogens is 338 g/mol. The van der Waals surface area contributed by atoms with Gasteiger partial charge in [-0.1, -0.05) is 18.2 Å². The van der Waals surface area contributed by atoms with E-state index < -0.39 is 11.9 Å². The van der Waals surface area contributed by atoms with Crippen molar-refractivity contribution < 1.29 is 14.3 Å². The Hall–Kier alpha value is -3.67. The normalized spacial score (nSPS) is 10.9. The van der Waals surface area contributed by atoms with E-state index in [2.05, 4.69) is 16.0 Å². The molecule has 1 heterocycles. The van der Waals surface area contributed by atoms with E-state index in [-0.39, 0.29) is 23.4 Å². The van der Waals surface area contributed by atoms with Gasteiger partial charge in [0.1, 0.15) is 6.07 Å². The van der Waals surface area contributed by atoms with Crippen molar-refractivity contribution in [1.82, 2.24) is 20.6 Å². The van der Waals surface area contributed by atoms with Gasteiger partial charge in [0.05, 0.1) is 12.0 Å². The van der Waals surface area contributed by atoms with E-state index in [1.807, 2.05) is 0 Å². The van der Waals surface area contributed by atoms with E-state index in [0.717, 1.165) is 6.20 Å². The minimum absolute atomic E-state index is 0.0394. The van der Waals surface area contributed by atoms with Gasteiger partial charge in [0.2, 0.25) is 0 Å². The highest BCUT2D eigenvalue weighted by molar-refractivity contribution is 6.04. The number of nitrogens with zero attached hydrogens (tertiary/aromatic N) is 3. The van der Waals surface area contributed by atoms with Gasteiger partial charge in [0, 0.05) is 18.1 Å². The van der Waals surface area contributed by atoms with Gasteiger partial charge in [-0.2, -0.15) is 10.4 Å². The molecule has 0 spiro atoms. The van der Waals surface area contributed by atoms with Crippen LogP contribution in [0.3, 0.4) is 0 Å². The topological polar surface area (TPSA) is 126 Å². The number of hydrazine groups is 1. The molecule has 0 atom stereocenters. The van der Waals surface area contributed by atoms with E-state index >= 15 is 0 Å². The fraction of sp³-hybridized carbons (Fsp3) is 0.235. The van der Waals surface area contributed by atoms with Gasteiger partial charge in [-0.25, -0.2) is 9.48 Å². The number of nitriles is 1. The van der Waals surface area contributed by atoms with Crippen molar-refractivity contribution in [3.05, 3.63) is 52.1 Å². The van der Waals surface area contributed by atoms with Gasteiger partial charge in [-0.15, -0.1) is 0 Å². The first kappa shape index (κ1) is 18.7. The highest BCUT2D eigenvalue weighted by atomic mass is 16.5. The van der Waals surface area contributed by atoms with Crippen molar-refractivity contribution in [3.63, 3.8) is 0 Å². The highest BCUT2D eigenvalue weighted by Crippen LogP contribution is 2.12. The average molecular weight is 355 g/mol. The van der Waals surface area contributed by atoms with Gasteiger partial charge in [-0.3, -0.25) is 15.0 Å².